The van der Waals surface area contributed by atoms with Crippen LogP contribution in [-0.4, -0.2) is 9.97 Å². The third-order valence-electron chi connectivity index (χ3n) is 2.02. The van der Waals surface area contributed by atoms with Crippen LogP contribution in [0.3, 0.4) is 0 Å². The molecule has 2 heterocycles. The van der Waals surface area contributed by atoms with Gasteiger partial charge in [0, 0.05) is 11.6 Å². The second kappa shape index (κ2) is 5.03. The molecule has 3 heteroatoms. The van der Waals surface area contributed by atoms with Gasteiger partial charge in [0.1, 0.15) is 10.3 Å². The average Bonchev–Trinajstić information content (AvgIpc) is 2.23. The molecular weight excluding hydrogens is 204 g/mol. The SMILES string of the molecule is CC.Cc1cnc2[nH]c(=S)c(C)cc2c1. The first kappa shape index (κ1) is 11.9. The van der Waals surface area contributed by atoms with Crippen LogP contribution in [0.15, 0.2) is 18.3 Å². The zero-order chi connectivity index (χ0) is 11.4. The van der Waals surface area contributed by atoms with Crippen molar-refractivity contribution < 1.29 is 0 Å². The van der Waals surface area contributed by atoms with Crippen LogP contribution in [0.4, 0.5) is 0 Å². The summed E-state index contributed by atoms with van der Waals surface area (Å²) in [6, 6.07) is 4.16. The van der Waals surface area contributed by atoms with Crippen LogP contribution in [0.5, 0.6) is 0 Å². The molecule has 1 N–H and O–H groups in total. The summed E-state index contributed by atoms with van der Waals surface area (Å²) in [5.74, 6) is 0. The van der Waals surface area contributed by atoms with Gasteiger partial charge in [0.15, 0.2) is 0 Å². The van der Waals surface area contributed by atoms with E-state index in [0.717, 1.165) is 26.8 Å². The Morgan fingerprint density at radius 3 is 2.53 bits per heavy atom. The van der Waals surface area contributed by atoms with Crippen molar-refractivity contribution in [2.75, 3.05) is 0 Å². The van der Waals surface area contributed by atoms with E-state index in [1.54, 1.807) is 0 Å². The molecule has 0 aromatic carbocycles. The van der Waals surface area contributed by atoms with E-state index in [2.05, 4.69) is 22.1 Å². The molecule has 0 unspecified atom stereocenters. The summed E-state index contributed by atoms with van der Waals surface area (Å²) < 4.78 is 0.767. The van der Waals surface area contributed by atoms with Crippen molar-refractivity contribution in [1.82, 2.24) is 9.97 Å². The van der Waals surface area contributed by atoms with Crippen molar-refractivity contribution in [3.8, 4) is 0 Å². The molecule has 2 rings (SSSR count). The maximum absolute atomic E-state index is 5.12. The Balaban J connectivity index is 0.000000531. The Kier molecular flexibility index (Phi) is 3.97. The van der Waals surface area contributed by atoms with E-state index in [1.807, 2.05) is 33.9 Å². The van der Waals surface area contributed by atoms with Gasteiger partial charge >= 0.3 is 0 Å². The minimum Gasteiger partial charge on any atom is -0.331 e. The number of hydrogen-bond acceptors (Lipinski definition) is 2. The number of pyridine rings is 2. The van der Waals surface area contributed by atoms with Gasteiger partial charge in [-0.15, -0.1) is 0 Å². The van der Waals surface area contributed by atoms with E-state index in [4.69, 9.17) is 12.2 Å². The molecule has 0 aliphatic carbocycles. The number of rotatable bonds is 0. The number of nitrogens with zero attached hydrogens (tertiary/aromatic N) is 1. The smallest absolute Gasteiger partial charge is 0.138 e. The van der Waals surface area contributed by atoms with E-state index in [0.29, 0.717) is 0 Å². The maximum Gasteiger partial charge on any atom is 0.138 e. The number of aryl methyl sites for hydroxylation is 2. The molecule has 80 valence electrons. The summed E-state index contributed by atoms with van der Waals surface area (Å²) in [6.45, 7) is 8.03. The monoisotopic (exact) mass is 220 g/mol. The van der Waals surface area contributed by atoms with E-state index in [-0.39, 0.29) is 0 Å². The molecule has 0 saturated heterocycles. The molecule has 0 fully saturated rings. The summed E-state index contributed by atoms with van der Waals surface area (Å²) >= 11 is 5.12. The number of fused-ring (bicyclic) bond motifs is 1. The van der Waals surface area contributed by atoms with Gasteiger partial charge in [-0.05, 0) is 37.1 Å². The quantitative estimate of drug-likeness (QED) is 0.681. The largest absolute Gasteiger partial charge is 0.331 e. The maximum atomic E-state index is 5.12. The van der Waals surface area contributed by atoms with Crippen LogP contribution in [0.2, 0.25) is 0 Å². The van der Waals surface area contributed by atoms with Crippen LogP contribution in [0.1, 0.15) is 25.0 Å². The minimum absolute atomic E-state index is 0.767. The number of aromatic amines is 1. The Morgan fingerprint density at radius 2 is 1.87 bits per heavy atom. The Morgan fingerprint density at radius 1 is 1.20 bits per heavy atom. The van der Waals surface area contributed by atoms with Gasteiger partial charge < -0.3 is 4.98 Å². The fourth-order valence-electron chi connectivity index (χ4n) is 1.31. The first-order valence-corrected chi connectivity index (χ1v) is 5.54. The summed E-state index contributed by atoms with van der Waals surface area (Å²) in [5, 5.41) is 1.12. The zero-order valence-corrected chi connectivity index (χ0v) is 10.4. The highest BCUT2D eigenvalue weighted by molar-refractivity contribution is 7.71. The first-order valence-electron chi connectivity index (χ1n) is 5.13. The van der Waals surface area contributed by atoms with Crippen LogP contribution >= 0.6 is 12.2 Å². The molecule has 0 spiro atoms. The molecule has 15 heavy (non-hydrogen) atoms. The highest BCUT2D eigenvalue weighted by Crippen LogP contribution is 2.12. The molecule has 0 saturated carbocycles. The molecule has 0 aliphatic rings. The van der Waals surface area contributed by atoms with E-state index in [9.17, 15) is 0 Å². The van der Waals surface area contributed by atoms with Crippen molar-refractivity contribution in [1.29, 1.82) is 0 Å². The molecule has 0 aliphatic heterocycles. The normalized spacial score (nSPS) is 9.60. The molecule has 2 aromatic rings. The fourth-order valence-corrected chi connectivity index (χ4v) is 1.47. The molecule has 0 amide bonds. The number of H-pyrrole nitrogens is 1. The summed E-state index contributed by atoms with van der Waals surface area (Å²) in [7, 11) is 0. The number of nitrogens with one attached hydrogen (secondary N) is 1. The molecule has 0 radical (unpaired) electrons. The van der Waals surface area contributed by atoms with Crippen molar-refractivity contribution in [3.63, 3.8) is 0 Å². The van der Waals surface area contributed by atoms with Gasteiger partial charge in [0.05, 0.1) is 0 Å². The van der Waals surface area contributed by atoms with E-state index in [1.165, 1.54) is 0 Å². The lowest BCUT2D eigenvalue weighted by Gasteiger charge is -2.00. The van der Waals surface area contributed by atoms with Crippen molar-refractivity contribution in [3.05, 3.63) is 34.1 Å². The third-order valence-corrected chi connectivity index (χ3v) is 2.44. The summed E-state index contributed by atoms with van der Waals surface area (Å²) in [5.41, 5.74) is 3.12. The molecule has 2 aromatic heterocycles. The third kappa shape index (κ3) is 2.63. The lowest BCUT2D eigenvalue weighted by Crippen LogP contribution is -1.87. The number of aromatic nitrogens is 2. The lowest BCUT2D eigenvalue weighted by atomic mass is 10.2. The van der Waals surface area contributed by atoms with Crippen LogP contribution in [0.25, 0.3) is 11.0 Å². The van der Waals surface area contributed by atoms with Gasteiger partial charge in [0.25, 0.3) is 0 Å². The van der Waals surface area contributed by atoms with E-state index < -0.39 is 0 Å². The Bertz CT molecular complexity index is 515. The van der Waals surface area contributed by atoms with Gasteiger partial charge in [-0.2, -0.15) is 0 Å². The fraction of sp³-hybridized carbons (Fsp3) is 0.333. The minimum atomic E-state index is 0.767. The topological polar surface area (TPSA) is 28.7 Å². The summed E-state index contributed by atoms with van der Waals surface area (Å²) in [6.07, 6.45) is 1.84. The second-order valence-corrected chi connectivity index (χ2v) is 3.64. The molecule has 0 bridgehead atoms. The molecule has 2 nitrogen and oxygen atoms in total. The van der Waals surface area contributed by atoms with Crippen LogP contribution < -0.4 is 0 Å². The predicted octanol–water partition coefficient (Wildman–Crippen LogP) is 3.94. The lowest BCUT2D eigenvalue weighted by molar-refractivity contribution is 1.22. The predicted molar refractivity (Wildman–Crippen MR) is 67.7 cm³/mol. The van der Waals surface area contributed by atoms with Crippen molar-refractivity contribution >= 4 is 23.3 Å². The van der Waals surface area contributed by atoms with Gasteiger partial charge in [-0.3, -0.25) is 0 Å². The van der Waals surface area contributed by atoms with Crippen LogP contribution in [0, 0.1) is 18.5 Å². The number of hydrogen-bond donors (Lipinski definition) is 1. The standard InChI is InChI=1S/C10H10N2S.C2H6/c1-6-3-8-4-7(2)10(13)12-9(8)11-5-6;1-2/h3-5H,1-2H3,(H,11,12,13);1-2H3. The van der Waals surface area contributed by atoms with Gasteiger partial charge in [0.2, 0.25) is 0 Å². The molecular formula is C12H16N2S. The zero-order valence-electron chi connectivity index (χ0n) is 9.59. The molecule has 0 atom stereocenters. The van der Waals surface area contributed by atoms with Gasteiger partial charge in [-0.25, -0.2) is 4.98 Å². The van der Waals surface area contributed by atoms with Gasteiger partial charge in [-0.1, -0.05) is 26.1 Å². The Hall–Kier alpha value is -1.22. The van der Waals surface area contributed by atoms with E-state index >= 15 is 0 Å². The Labute approximate surface area is 95.4 Å². The highest BCUT2D eigenvalue weighted by Gasteiger charge is 1.96. The van der Waals surface area contributed by atoms with Crippen LogP contribution in [-0.2, 0) is 0 Å². The van der Waals surface area contributed by atoms with Crippen molar-refractivity contribution in [2.24, 2.45) is 0 Å². The first-order chi connectivity index (χ1) is 7.16. The average molecular weight is 220 g/mol. The summed E-state index contributed by atoms with van der Waals surface area (Å²) in [4.78, 5) is 7.35. The van der Waals surface area contributed by atoms with Crippen molar-refractivity contribution in [2.45, 2.75) is 27.7 Å². The highest BCUT2D eigenvalue weighted by atomic mass is 32.1. The second-order valence-electron chi connectivity index (χ2n) is 3.23.